The molecule has 1 fully saturated rings. The molecule has 1 aliphatic carbocycles. The van der Waals surface area contributed by atoms with Crippen LogP contribution >= 0.6 is 11.6 Å². The molecule has 0 heterocycles. The van der Waals surface area contributed by atoms with E-state index in [1.807, 2.05) is 0 Å². The predicted octanol–water partition coefficient (Wildman–Crippen LogP) is 4.17. The molecule has 0 spiro atoms. The third-order valence-corrected chi connectivity index (χ3v) is 3.96. The van der Waals surface area contributed by atoms with Gasteiger partial charge in [-0.15, -0.1) is 0 Å². The van der Waals surface area contributed by atoms with Crippen LogP contribution in [0.3, 0.4) is 0 Å². The first kappa shape index (κ1) is 14.6. The minimum Gasteiger partial charge on any atom is -0.486 e. The lowest BCUT2D eigenvalue weighted by molar-refractivity contribution is -0.0141. The fourth-order valence-corrected chi connectivity index (χ4v) is 2.59. The summed E-state index contributed by atoms with van der Waals surface area (Å²) in [5, 5.41) is 3.75. The first-order chi connectivity index (χ1) is 9.15. The van der Waals surface area contributed by atoms with Crippen molar-refractivity contribution < 1.29 is 9.13 Å². The van der Waals surface area contributed by atoms with E-state index < -0.39 is 0 Å². The molecule has 1 aromatic carbocycles. The summed E-state index contributed by atoms with van der Waals surface area (Å²) in [6, 6.07) is 4.32. The van der Waals surface area contributed by atoms with E-state index in [2.05, 4.69) is 12.2 Å². The molecule has 1 N–H and O–H groups in total. The summed E-state index contributed by atoms with van der Waals surface area (Å²) in [5.41, 5.74) is -0.109. The number of ether oxygens (including phenoxy) is 1. The van der Waals surface area contributed by atoms with Crippen molar-refractivity contribution in [1.82, 2.24) is 5.32 Å². The molecule has 4 heteroatoms. The Morgan fingerprint density at radius 2 is 2.16 bits per heavy atom. The second kappa shape index (κ2) is 6.58. The van der Waals surface area contributed by atoms with Crippen molar-refractivity contribution in [3.8, 4) is 5.75 Å². The molecule has 0 saturated heterocycles. The Kier molecular flexibility index (Phi) is 5.06. The maximum absolute atomic E-state index is 13.0. The summed E-state index contributed by atoms with van der Waals surface area (Å²) in [5.74, 6) is 0.267. The third kappa shape index (κ3) is 3.83. The number of benzene rings is 1. The number of hydrogen-bond donors (Lipinski definition) is 1. The molecule has 2 rings (SSSR count). The van der Waals surface area contributed by atoms with Gasteiger partial charge in [-0.1, -0.05) is 18.5 Å². The minimum absolute atomic E-state index is 0.109. The fourth-order valence-electron chi connectivity index (χ4n) is 2.38. The van der Waals surface area contributed by atoms with Crippen LogP contribution in [0.2, 0.25) is 5.02 Å². The van der Waals surface area contributed by atoms with Crippen LogP contribution in [0, 0.1) is 5.82 Å². The highest BCUT2D eigenvalue weighted by Crippen LogP contribution is 2.41. The zero-order valence-electron chi connectivity index (χ0n) is 11.3. The highest BCUT2D eigenvalue weighted by molar-refractivity contribution is 6.32. The highest BCUT2D eigenvalue weighted by atomic mass is 35.5. The molecule has 2 nitrogen and oxygen atoms in total. The van der Waals surface area contributed by atoms with Gasteiger partial charge in [0.25, 0.3) is 0 Å². The van der Waals surface area contributed by atoms with E-state index >= 15 is 0 Å². The Bertz CT molecular complexity index is 421. The molecule has 0 radical (unpaired) electrons. The first-order valence-corrected chi connectivity index (χ1v) is 7.38. The van der Waals surface area contributed by atoms with Gasteiger partial charge in [-0.2, -0.15) is 0 Å². The van der Waals surface area contributed by atoms with Crippen molar-refractivity contribution in [2.45, 2.75) is 44.6 Å². The summed E-state index contributed by atoms with van der Waals surface area (Å²) in [4.78, 5) is 0. The number of rotatable bonds is 7. The minimum atomic E-state index is -0.329. The van der Waals surface area contributed by atoms with Gasteiger partial charge in [-0.25, -0.2) is 4.39 Å². The average molecular weight is 286 g/mol. The van der Waals surface area contributed by atoms with Crippen molar-refractivity contribution in [2.75, 3.05) is 13.1 Å². The molecule has 0 aromatic heterocycles. The molecule has 1 aromatic rings. The summed E-state index contributed by atoms with van der Waals surface area (Å²) in [6.07, 6.45) is 5.40. The summed E-state index contributed by atoms with van der Waals surface area (Å²) in [6.45, 7) is 4.14. The van der Waals surface area contributed by atoms with Gasteiger partial charge in [-0.3, -0.25) is 0 Å². The monoisotopic (exact) mass is 285 g/mol. The average Bonchev–Trinajstić information content (AvgIpc) is 2.34. The lowest BCUT2D eigenvalue weighted by atomic mass is 9.77. The Hall–Kier alpha value is -0.800. The Labute approximate surface area is 119 Å². The maximum Gasteiger partial charge on any atom is 0.138 e. The van der Waals surface area contributed by atoms with E-state index in [-0.39, 0.29) is 11.4 Å². The van der Waals surface area contributed by atoms with Gasteiger partial charge in [-0.05, 0) is 63.4 Å². The molecule has 0 unspecified atom stereocenters. The van der Waals surface area contributed by atoms with E-state index in [9.17, 15) is 4.39 Å². The summed E-state index contributed by atoms with van der Waals surface area (Å²) >= 11 is 6.02. The van der Waals surface area contributed by atoms with Crippen LogP contribution in [-0.4, -0.2) is 18.7 Å². The smallest absolute Gasteiger partial charge is 0.138 e. The van der Waals surface area contributed by atoms with Crippen LogP contribution < -0.4 is 10.1 Å². The summed E-state index contributed by atoms with van der Waals surface area (Å²) in [7, 11) is 0. The number of hydrogen-bond acceptors (Lipinski definition) is 2. The van der Waals surface area contributed by atoms with Crippen LogP contribution in [0.15, 0.2) is 18.2 Å². The molecule has 1 saturated carbocycles. The zero-order chi connectivity index (χ0) is 13.7. The zero-order valence-corrected chi connectivity index (χ0v) is 12.1. The SMILES string of the molecule is CCCNCCC1(Oc2ccc(F)cc2Cl)CCC1. The third-order valence-electron chi connectivity index (χ3n) is 3.67. The standard InChI is InChI=1S/C15H21ClFNO/c1-2-9-18-10-8-15(6-3-7-15)19-14-5-4-12(17)11-13(14)16/h4-5,11,18H,2-3,6-10H2,1H3. The van der Waals surface area contributed by atoms with Gasteiger partial charge in [0.15, 0.2) is 0 Å². The van der Waals surface area contributed by atoms with Gasteiger partial charge in [0.1, 0.15) is 17.2 Å². The molecule has 106 valence electrons. The molecular weight excluding hydrogens is 265 g/mol. The van der Waals surface area contributed by atoms with E-state index in [1.54, 1.807) is 6.07 Å². The highest BCUT2D eigenvalue weighted by Gasteiger charge is 2.39. The molecule has 0 aliphatic heterocycles. The van der Waals surface area contributed by atoms with E-state index in [4.69, 9.17) is 16.3 Å². The van der Waals surface area contributed by atoms with E-state index in [0.29, 0.717) is 10.8 Å². The molecule has 0 bridgehead atoms. The van der Waals surface area contributed by atoms with Crippen molar-refractivity contribution >= 4 is 11.6 Å². The molecule has 19 heavy (non-hydrogen) atoms. The van der Waals surface area contributed by atoms with Crippen LogP contribution in [0.1, 0.15) is 39.0 Å². The van der Waals surface area contributed by atoms with Crippen LogP contribution in [0.4, 0.5) is 4.39 Å². The lowest BCUT2D eigenvalue weighted by Gasteiger charge is -2.42. The van der Waals surface area contributed by atoms with Crippen LogP contribution in [-0.2, 0) is 0 Å². The van der Waals surface area contributed by atoms with Gasteiger partial charge < -0.3 is 10.1 Å². The molecule has 1 aliphatic rings. The molecular formula is C15H21ClFNO. The van der Waals surface area contributed by atoms with Crippen molar-refractivity contribution in [2.24, 2.45) is 0 Å². The van der Waals surface area contributed by atoms with E-state index in [1.165, 1.54) is 18.6 Å². The van der Waals surface area contributed by atoms with Gasteiger partial charge >= 0.3 is 0 Å². The van der Waals surface area contributed by atoms with Crippen LogP contribution in [0.25, 0.3) is 0 Å². The largest absolute Gasteiger partial charge is 0.486 e. The topological polar surface area (TPSA) is 21.3 Å². The normalized spacial score (nSPS) is 17.0. The Balaban J connectivity index is 1.94. The van der Waals surface area contributed by atoms with Gasteiger partial charge in [0.05, 0.1) is 5.02 Å². The quantitative estimate of drug-likeness (QED) is 0.759. The Morgan fingerprint density at radius 3 is 2.74 bits per heavy atom. The lowest BCUT2D eigenvalue weighted by Crippen LogP contribution is -2.45. The number of nitrogens with one attached hydrogen (secondary N) is 1. The number of halogens is 2. The van der Waals surface area contributed by atoms with Gasteiger partial charge in [0, 0.05) is 0 Å². The van der Waals surface area contributed by atoms with Crippen molar-refractivity contribution in [3.05, 3.63) is 29.0 Å². The molecule has 0 atom stereocenters. The van der Waals surface area contributed by atoms with E-state index in [0.717, 1.165) is 38.8 Å². The summed E-state index contributed by atoms with van der Waals surface area (Å²) < 4.78 is 19.1. The second-order valence-electron chi connectivity index (χ2n) is 5.21. The van der Waals surface area contributed by atoms with Crippen LogP contribution in [0.5, 0.6) is 5.75 Å². The Morgan fingerprint density at radius 1 is 1.37 bits per heavy atom. The second-order valence-corrected chi connectivity index (χ2v) is 5.62. The maximum atomic E-state index is 13.0. The fraction of sp³-hybridized carbons (Fsp3) is 0.600. The predicted molar refractivity (Wildman–Crippen MR) is 76.4 cm³/mol. The first-order valence-electron chi connectivity index (χ1n) is 7.00. The molecule has 0 amide bonds. The van der Waals surface area contributed by atoms with Gasteiger partial charge in [0.2, 0.25) is 0 Å². The van der Waals surface area contributed by atoms with Crippen molar-refractivity contribution in [1.29, 1.82) is 0 Å². The van der Waals surface area contributed by atoms with Crippen molar-refractivity contribution in [3.63, 3.8) is 0 Å².